The quantitative estimate of drug-likeness (QED) is 0.338. The van der Waals surface area contributed by atoms with Crippen LogP contribution in [0.25, 0.3) is 0 Å². The van der Waals surface area contributed by atoms with Crippen LogP contribution < -0.4 is 0 Å². The summed E-state index contributed by atoms with van der Waals surface area (Å²) in [5.41, 5.74) is 0. The van der Waals surface area contributed by atoms with Gasteiger partial charge in [-0.15, -0.1) is 0 Å². The molecule has 2 unspecified atom stereocenters. The highest BCUT2D eigenvalue weighted by molar-refractivity contribution is 9.25. The largest absolute Gasteiger partial charge is 0.437 e. The molecule has 0 amide bonds. The highest BCUT2D eigenvalue weighted by atomic mass is 79.9. The lowest BCUT2D eigenvalue weighted by molar-refractivity contribution is 0.228. The number of rotatable bonds is 7. The average molecular weight is 424 g/mol. The summed E-state index contributed by atoms with van der Waals surface area (Å²) in [6.07, 6.45) is 0.911. The van der Waals surface area contributed by atoms with Crippen LogP contribution in [0.4, 0.5) is 0 Å². The summed E-state index contributed by atoms with van der Waals surface area (Å²) < 4.78 is 18.1. The zero-order chi connectivity index (χ0) is 13.9. The Bertz CT molecular complexity index is 244. The van der Waals surface area contributed by atoms with Crippen molar-refractivity contribution in [3.8, 4) is 0 Å². The molecule has 0 spiro atoms. The van der Waals surface area contributed by atoms with E-state index in [1.54, 1.807) is 0 Å². The monoisotopic (exact) mass is 422 g/mol. The molecule has 0 aromatic carbocycles. The number of hydrogen-bond acceptors (Lipinski definition) is 3. The summed E-state index contributed by atoms with van der Waals surface area (Å²) in [4.78, 5) is 0. The first kappa shape index (κ1) is 18.5. The van der Waals surface area contributed by atoms with Crippen LogP contribution in [0.5, 0.6) is 0 Å². The van der Waals surface area contributed by atoms with Gasteiger partial charge in [-0.1, -0.05) is 38.1 Å². The van der Waals surface area contributed by atoms with Crippen LogP contribution in [0.15, 0.2) is 0 Å². The van der Waals surface area contributed by atoms with E-state index >= 15 is 0 Å². The van der Waals surface area contributed by atoms with Gasteiger partial charge in [0.15, 0.2) is 8.32 Å². The third kappa shape index (κ3) is 10.00. The van der Waals surface area contributed by atoms with Crippen molar-refractivity contribution in [1.82, 2.24) is 0 Å². The Morgan fingerprint density at radius 2 is 1.47 bits per heavy atom. The first-order chi connectivity index (χ1) is 7.37. The molecule has 2 atom stereocenters. The maximum absolute atomic E-state index is 6.14. The average Bonchev–Trinajstić information content (AvgIpc) is 1.94. The van der Waals surface area contributed by atoms with Gasteiger partial charge in [0.2, 0.25) is 0 Å². The van der Waals surface area contributed by atoms with Crippen molar-refractivity contribution in [2.24, 2.45) is 0 Å². The molecule has 0 aliphatic carbocycles. The van der Waals surface area contributed by atoms with Gasteiger partial charge in [0.1, 0.15) is 5.01 Å². The summed E-state index contributed by atoms with van der Waals surface area (Å²) in [6, 6.07) is 0. The number of alkyl halides is 1. The van der Waals surface area contributed by atoms with E-state index in [2.05, 4.69) is 70.9 Å². The van der Waals surface area contributed by atoms with Crippen LogP contribution in [0, 0.1) is 0 Å². The van der Waals surface area contributed by atoms with Crippen molar-refractivity contribution in [2.75, 3.05) is 0 Å². The van der Waals surface area contributed by atoms with Gasteiger partial charge in [0.25, 0.3) is 0 Å². The molecule has 8 heteroatoms. The van der Waals surface area contributed by atoms with Crippen LogP contribution in [0.1, 0.15) is 13.3 Å². The van der Waals surface area contributed by atoms with E-state index in [0.717, 1.165) is 6.42 Å². The summed E-state index contributed by atoms with van der Waals surface area (Å²) in [7, 11) is -5.99. The van der Waals surface area contributed by atoms with E-state index in [-0.39, 0.29) is 5.01 Å². The Balaban J connectivity index is 4.47. The van der Waals surface area contributed by atoms with Crippen molar-refractivity contribution < 1.29 is 12.7 Å². The molecule has 0 aromatic heterocycles. The summed E-state index contributed by atoms with van der Waals surface area (Å²) in [6.45, 7) is 14.8. The molecule has 104 valence electrons. The van der Waals surface area contributed by atoms with E-state index in [1.807, 2.05) is 6.55 Å². The zero-order valence-corrected chi connectivity index (χ0v) is 17.9. The Morgan fingerprint density at radius 1 is 1.00 bits per heavy atom. The third-order valence-corrected chi connectivity index (χ3v) is 13.4. The van der Waals surface area contributed by atoms with Crippen molar-refractivity contribution in [3.05, 3.63) is 0 Å². The Morgan fingerprint density at radius 3 is 1.82 bits per heavy atom. The molecule has 0 N–H and O–H groups in total. The first-order valence-electron chi connectivity index (χ1n) is 5.78. The molecule has 0 radical (unpaired) electrons. The lowest BCUT2D eigenvalue weighted by Crippen LogP contribution is -2.52. The van der Waals surface area contributed by atoms with Gasteiger partial charge in [0.05, 0.1) is 0 Å². The highest BCUT2D eigenvalue weighted by Gasteiger charge is 2.41. The molecule has 0 fully saturated rings. The van der Waals surface area contributed by atoms with E-state index in [9.17, 15) is 0 Å². The van der Waals surface area contributed by atoms with Gasteiger partial charge >= 0.3 is 15.7 Å². The summed E-state index contributed by atoms with van der Waals surface area (Å²) >= 11 is 7.07. The Hall–Kier alpha value is 1.49. The number of hydrogen-bond donors (Lipinski definition) is 0. The highest BCUT2D eigenvalue weighted by Crippen LogP contribution is 2.27. The van der Waals surface area contributed by atoms with E-state index in [0.29, 0.717) is 0 Å². The lowest BCUT2D eigenvalue weighted by atomic mass is 10.5. The van der Waals surface area contributed by atoms with Gasteiger partial charge in [-0.3, -0.25) is 0 Å². The second-order valence-corrected chi connectivity index (χ2v) is 21.4. The molecule has 0 heterocycles. The van der Waals surface area contributed by atoms with Crippen LogP contribution in [0.2, 0.25) is 39.3 Å². The van der Waals surface area contributed by atoms with Gasteiger partial charge in [-0.2, -0.15) is 0 Å². The first-order valence-corrected chi connectivity index (χ1v) is 17.5. The molecule has 17 heavy (non-hydrogen) atoms. The lowest BCUT2D eigenvalue weighted by Gasteiger charge is -2.36. The number of halogens is 2. The predicted octanol–water partition coefficient (Wildman–Crippen LogP) is 4.67. The summed E-state index contributed by atoms with van der Waals surface area (Å²) in [5, 5.41) is 0.0372. The molecule has 0 saturated heterocycles. The maximum atomic E-state index is 6.14. The summed E-state index contributed by atoms with van der Waals surface area (Å²) in [5.74, 6) is 0. The third-order valence-electron chi connectivity index (χ3n) is 1.64. The molecule has 3 nitrogen and oxygen atoms in total. The van der Waals surface area contributed by atoms with Gasteiger partial charge < -0.3 is 12.7 Å². The van der Waals surface area contributed by atoms with Crippen LogP contribution in [-0.2, 0) is 12.7 Å². The molecule has 0 aromatic rings. The van der Waals surface area contributed by atoms with Crippen molar-refractivity contribution in [2.45, 2.75) is 57.6 Å². The van der Waals surface area contributed by atoms with Crippen molar-refractivity contribution >= 4 is 55.3 Å². The molecular formula is C9H24Br2O3Si3. The fraction of sp³-hybridized carbons (Fsp3) is 1.00. The molecule has 0 aliphatic heterocycles. The Labute approximate surface area is 125 Å². The normalized spacial score (nSPS) is 18.9. The van der Waals surface area contributed by atoms with Crippen molar-refractivity contribution in [1.29, 1.82) is 0 Å². The molecule has 0 rings (SSSR count). The van der Waals surface area contributed by atoms with E-state index in [1.165, 1.54) is 0 Å². The van der Waals surface area contributed by atoms with Gasteiger partial charge in [0, 0.05) is 0 Å². The zero-order valence-electron chi connectivity index (χ0n) is 11.8. The fourth-order valence-corrected chi connectivity index (χ4v) is 18.3. The predicted molar refractivity (Wildman–Crippen MR) is 87.6 cm³/mol. The second-order valence-electron chi connectivity index (χ2n) is 5.49. The van der Waals surface area contributed by atoms with Crippen LogP contribution >= 0.6 is 31.2 Å². The maximum Gasteiger partial charge on any atom is 0.403 e. The minimum atomic E-state index is -2.30. The topological polar surface area (TPSA) is 27.7 Å². The van der Waals surface area contributed by atoms with Crippen molar-refractivity contribution in [3.63, 3.8) is 0 Å². The van der Waals surface area contributed by atoms with Gasteiger partial charge in [-0.25, -0.2) is 0 Å². The molecule has 0 saturated carbocycles. The van der Waals surface area contributed by atoms with Crippen LogP contribution in [-0.4, -0.2) is 29.1 Å². The standard InChI is InChI=1S/C9H24Br2O3Si3/c1-8-9(10)12-17(7,11)14-16(5,6)13-15(2,3)4/h9H,8H2,1-7H3. The minimum Gasteiger partial charge on any atom is -0.437 e. The SMILES string of the molecule is CCC(Br)O[Si](C)(Br)O[Si](C)(C)O[Si](C)(C)C. The molecular weight excluding hydrogens is 400 g/mol. The smallest absolute Gasteiger partial charge is 0.403 e. The van der Waals surface area contributed by atoms with Crippen LogP contribution in [0.3, 0.4) is 0 Å². The molecule has 0 bridgehead atoms. The van der Waals surface area contributed by atoms with Gasteiger partial charge in [-0.05, 0) is 45.7 Å². The van der Waals surface area contributed by atoms with E-state index < -0.39 is 24.1 Å². The molecule has 0 aliphatic rings. The van der Waals surface area contributed by atoms with E-state index in [4.69, 9.17) is 12.7 Å². The Kier molecular flexibility index (Phi) is 7.37. The minimum absolute atomic E-state index is 0.0372. The second kappa shape index (κ2) is 6.78. The fourth-order valence-electron chi connectivity index (χ4n) is 1.53.